The SMILES string of the molecule is C=Cc1c(C)c2ccccc2c2cc(Nc3ccccc3)ccc12. The third kappa shape index (κ3) is 2.35. The Morgan fingerprint density at radius 2 is 1.42 bits per heavy atom. The minimum Gasteiger partial charge on any atom is -0.356 e. The molecule has 4 aromatic carbocycles. The van der Waals surface area contributed by atoms with Gasteiger partial charge in [0.25, 0.3) is 0 Å². The highest BCUT2D eigenvalue weighted by Crippen LogP contribution is 2.35. The molecule has 4 aromatic rings. The summed E-state index contributed by atoms with van der Waals surface area (Å²) in [7, 11) is 0. The summed E-state index contributed by atoms with van der Waals surface area (Å²) in [6.45, 7) is 6.20. The van der Waals surface area contributed by atoms with Crippen molar-refractivity contribution in [3.05, 3.63) is 90.5 Å². The number of anilines is 2. The van der Waals surface area contributed by atoms with Gasteiger partial charge in [0.15, 0.2) is 0 Å². The van der Waals surface area contributed by atoms with Crippen molar-refractivity contribution in [1.82, 2.24) is 0 Å². The van der Waals surface area contributed by atoms with Crippen molar-refractivity contribution in [2.45, 2.75) is 6.92 Å². The Hall–Kier alpha value is -3.06. The lowest BCUT2D eigenvalue weighted by Gasteiger charge is -2.14. The lowest BCUT2D eigenvalue weighted by atomic mass is 9.92. The first kappa shape index (κ1) is 14.5. The summed E-state index contributed by atoms with van der Waals surface area (Å²) < 4.78 is 0. The van der Waals surface area contributed by atoms with E-state index in [4.69, 9.17) is 0 Å². The Morgan fingerprint density at radius 3 is 2.17 bits per heavy atom. The smallest absolute Gasteiger partial charge is 0.0390 e. The fourth-order valence-electron chi connectivity index (χ4n) is 3.42. The van der Waals surface area contributed by atoms with Crippen LogP contribution in [0.4, 0.5) is 11.4 Å². The zero-order valence-corrected chi connectivity index (χ0v) is 13.7. The first-order chi connectivity index (χ1) is 11.8. The average molecular weight is 309 g/mol. The molecular formula is C23H19N. The number of para-hydroxylation sites is 1. The second-order valence-corrected chi connectivity index (χ2v) is 6.04. The van der Waals surface area contributed by atoms with E-state index in [2.05, 4.69) is 73.4 Å². The number of hydrogen-bond acceptors (Lipinski definition) is 1. The van der Waals surface area contributed by atoms with Crippen LogP contribution < -0.4 is 5.32 Å². The molecule has 0 amide bonds. The summed E-state index contributed by atoms with van der Waals surface area (Å²) in [6, 6.07) is 25.4. The molecule has 0 radical (unpaired) electrons. The van der Waals surface area contributed by atoms with Crippen LogP contribution in [0.15, 0.2) is 79.4 Å². The average Bonchev–Trinajstić information content (AvgIpc) is 2.63. The van der Waals surface area contributed by atoms with Crippen LogP contribution in [0.5, 0.6) is 0 Å². The minimum atomic E-state index is 1.09. The molecule has 1 heteroatoms. The van der Waals surface area contributed by atoms with E-state index < -0.39 is 0 Å². The quantitative estimate of drug-likeness (QED) is 0.416. The zero-order valence-electron chi connectivity index (χ0n) is 13.7. The minimum absolute atomic E-state index is 1.09. The van der Waals surface area contributed by atoms with Gasteiger partial charge in [0.05, 0.1) is 0 Å². The molecule has 0 saturated heterocycles. The van der Waals surface area contributed by atoms with E-state index in [0.717, 1.165) is 11.4 Å². The molecule has 0 aliphatic heterocycles. The summed E-state index contributed by atoms with van der Waals surface area (Å²) >= 11 is 0. The van der Waals surface area contributed by atoms with Crippen molar-refractivity contribution in [3.8, 4) is 0 Å². The molecule has 1 N–H and O–H groups in total. The van der Waals surface area contributed by atoms with E-state index in [1.54, 1.807) is 0 Å². The predicted molar refractivity (Wildman–Crippen MR) is 106 cm³/mol. The van der Waals surface area contributed by atoms with Crippen molar-refractivity contribution >= 4 is 39.0 Å². The Morgan fingerprint density at radius 1 is 0.708 bits per heavy atom. The third-order valence-corrected chi connectivity index (χ3v) is 4.60. The van der Waals surface area contributed by atoms with Gasteiger partial charge in [-0.15, -0.1) is 0 Å². The van der Waals surface area contributed by atoms with Crippen LogP contribution in [0, 0.1) is 6.92 Å². The Balaban J connectivity index is 1.97. The molecule has 0 saturated carbocycles. The summed E-state index contributed by atoms with van der Waals surface area (Å²) in [5.41, 5.74) is 4.70. The second kappa shape index (κ2) is 5.86. The van der Waals surface area contributed by atoms with Gasteiger partial charge < -0.3 is 5.32 Å². The number of aryl methyl sites for hydroxylation is 1. The van der Waals surface area contributed by atoms with Crippen LogP contribution in [-0.4, -0.2) is 0 Å². The number of nitrogens with one attached hydrogen (secondary N) is 1. The molecule has 0 atom stereocenters. The van der Waals surface area contributed by atoms with Gasteiger partial charge in [0, 0.05) is 11.4 Å². The summed E-state index contributed by atoms with van der Waals surface area (Å²) in [6.07, 6.45) is 1.97. The normalized spacial score (nSPS) is 10.9. The Labute approximate surface area is 142 Å². The van der Waals surface area contributed by atoms with Gasteiger partial charge in [0.2, 0.25) is 0 Å². The van der Waals surface area contributed by atoms with Crippen LogP contribution in [0.25, 0.3) is 27.6 Å². The van der Waals surface area contributed by atoms with Crippen molar-refractivity contribution < 1.29 is 0 Å². The maximum atomic E-state index is 4.02. The maximum Gasteiger partial charge on any atom is 0.0390 e. The summed E-state index contributed by atoms with van der Waals surface area (Å²) in [4.78, 5) is 0. The lowest BCUT2D eigenvalue weighted by Crippen LogP contribution is -1.92. The fourth-order valence-corrected chi connectivity index (χ4v) is 3.42. The molecule has 0 aromatic heterocycles. The Bertz CT molecular complexity index is 1050. The number of rotatable bonds is 3. The van der Waals surface area contributed by atoms with Crippen molar-refractivity contribution in [3.63, 3.8) is 0 Å². The first-order valence-electron chi connectivity index (χ1n) is 8.17. The molecule has 24 heavy (non-hydrogen) atoms. The van der Waals surface area contributed by atoms with E-state index in [9.17, 15) is 0 Å². The number of benzene rings is 4. The molecule has 0 bridgehead atoms. The molecule has 0 fully saturated rings. The lowest BCUT2D eigenvalue weighted by molar-refractivity contribution is 1.52. The molecule has 0 aliphatic carbocycles. The fraction of sp³-hybridized carbons (Fsp3) is 0.0435. The van der Waals surface area contributed by atoms with Crippen LogP contribution in [0.3, 0.4) is 0 Å². The monoisotopic (exact) mass is 309 g/mol. The predicted octanol–water partition coefficient (Wildman–Crippen LogP) is 6.69. The highest BCUT2D eigenvalue weighted by atomic mass is 14.9. The van der Waals surface area contributed by atoms with E-state index >= 15 is 0 Å². The molecule has 0 spiro atoms. The summed E-state index contributed by atoms with van der Waals surface area (Å²) in [5.74, 6) is 0. The molecule has 4 rings (SSSR count). The van der Waals surface area contributed by atoms with Gasteiger partial charge in [-0.05, 0) is 63.9 Å². The molecule has 0 heterocycles. The highest BCUT2D eigenvalue weighted by Gasteiger charge is 2.10. The zero-order chi connectivity index (χ0) is 16.5. The van der Waals surface area contributed by atoms with Crippen molar-refractivity contribution in [2.24, 2.45) is 0 Å². The van der Waals surface area contributed by atoms with Crippen LogP contribution in [0.1, 0.15) is 11.1 Å². The van der Waals surface area contributed by atoms with Gasteiger partial charge in [-0.1, -0.05) is 61.2 Å². The van der Waals surface area contributed by atoms with Crippen LogP contribution in [0.2, 0.25) is 0 Å². The van der Waals surface area contributed by atoms with Crippen molar-refractivity contribution in [2.75, 3.05) is 5.32 Å². The highest BCUT2D eigenvalue weighted by molar-refractivity contribution is 6.13. The summed E-state index contributed by atoms with van der Waals surface area (Å²) in [5, 5.41) is 8.57. The van der Waals surface area contributed by atoms with Gasteiger partial charge in [-0.2, -0.15) is 0 Å². The first-order valence-corrected chi connectivity index (χ1v) is 8.17. The topological polar surface area (TPSA) is 12.0 Å². The van der Waals surface area contributed by atoms with E-state index in [0.29, 0.717) is 0 Å². The second-order valence-electron chi connectivity index (χ2n) is 6.04. The van der Waals surface area contributed by atoms with Crippen LogP contribution in [-0.2, 0) is 0 Å². The molecule has 0 aliphatic rings. The van der Waals surface area contributed by atoms with E-state index in [1.807, 2.05) is 24.3 Å². The molecule has 116 valence electrons. The Kier molecular flexibility index (Phi) is 3.55. The van der Waals surface area contributed by atoms with Gasteiger partial charge in [-0.25, -0.2) is 0 Å². The van der Waals surface area contributed by atoms with Gasteiger partial charge >= 0.3 is 0 Å². The molecular weight excluding hydrogens is 290 g/mol. The number of hydrogen-bond donors (Lipinski definition) is 1. The molecule has 0 unspecified atom stereocenters. The van der Waals surface area contributed by atoms with E-state index in [1.165, 1.54) is 32.7 Å². The standard InChI is InChI=1S/C23H19N/c1-3-19-16(2)20-11-7-8-12-21(20)23-15-18(13-14-22(19)23)24-17-9-5-4-6-10-17/h3-15,24H,1H2,2H3. The third-order valence-electron chi connectivity index (χ3n) is 4.60. The van der Waals surface area contributed by atoms with Gasteiger partial charge in [0.1, 0.15) is 0 Å². The van der Waals surface area contributed by atoms with Crippen molar-refractivity contribution in [1.29, 1.82) is 0 Å². The van der Waals surface area contributed by atoms with Gasteiger partial charge in [-0.3, -0.25) is 0 Å². The maximum absolute atomic E-state index is 4.02. The van der Waals surface area contributed by atoms with E-state index in [-0.39, 0.29) is 0 Å². The number of fused-ring (bicyclic) bond motifs is 3. The van der Waals surface area contributed by atoms with Crippen LogP contribution >= 0.6 is 0 Å². The largest absolute Gasteiger partial charge is 0.356 e. The molecule has 1 nitrogen and oxygen atoms in total.